The van der Waals surface area contributed by atoms with Gasteiger partial charge in [0.05, 0.1) is 11.2 Å². The van der Waals surface area contributed by atoms with Crippen LogP contribution in [0, 0.1) is 10.1 Å². The maximum atomic E-state index is 12.5. The number of nitrogens with one attached hydrogen (secondary N) is 1. The zero-order valence-electron chi connectivity index (χ0n) is 20.0. The van der Waals surface area contributed by atoms with Gasteiger partial charge < -0.3 is 19.5 Å². The molecule has 188 valence electrons. The van der Waals surface area contributed by atoms with E-state index >= 15 is 0 Å². The summed E-state index contributed by atoms with van der Waals surface area (Å²) < 4.78 is 5.21. The van der Waals surface area contributed by atoms with E-state index in [0.29, 0.717) is 26.2 Å². The highest BCUT2D eigenvalue weighted by atomic mass is 16.6. The first-order valence-corrected chi connectivity index (χ1v) is 12.2. The lowest BCUT2D eigenvalue weighted by molar-refractivity contribution is -0.383. The number of piperidine rings is 1. The summed E-state index contributed by atoms with van der Waals surface area (Å²) >= 11 is 0. The van der Waals surface area contributed by atoms with E-state index in [0.717, 1.165) is 32.5 Å². The lowest BCUT2D eigenvalue weighted by atomic mass is 10.0. The highest BCUT2D eigenvalue weighted by Gasteiger charge is 2.32. The number of hydrogen-bond acceptors (Lipinski definition) is 9. The molecule has 1 N–H and O–H groups in total. The average molecular weight is 492 g/mol. The lowest BCUT2D eigenvalue weighted by Crippen LogP contribution is -2.49. The van der Waals surface area contributed by atoms with Crippen LogP contribution < -0.4 is 10.2 Å². The average Bonchev–Trinajstić information content (AvgIpc) is 3.45. The van der Waals surface area contributed by atoms with E-state index in [2.05, 4.69) is 32.3 Å². The van der Waals surface area contributed by atoms with Crippen molar-refractivity contribution < 1.29 is 14.1 Å². The largest absolute Gasteiger partial charge is 0.459 e. The van der Waals surface area contributed by atoms with Crippen LogP contribution in [0.5, 0.6) is 0 Å². The number of likely N-dealkylation sites (tertiary alicyclic amines) is 1. The molecule has 3 aromatic rings. The molecule has 0 bridgehead atoms. The standard InChI is InChI=1S/C25H29N7O4/c33-25(21-7-4-16-36-21)31-14-12-30(13-15-31)24-22(32(34)35)23(26-18-27-24)28-20-8-10-29(11-9-20)17-19-5-2-1-3-6-19/h1-7,16,18,20H,8-15,17H2,(H,26,27,28). The third kappa shape index (κ3) is 5.30. The Hall–Kier alpha value is -3.99. The summed E-state index contributed by atoms with van der Waals surface area (Å²) in [6.07, 6.45) is 4.58. The highest BCUT2D eigenvalue weighted by Crippen LogP contribution is 2.33. The summed E-state index contributed by atoms with van der Waals surface area (Å²) in [4.78, 5) is 38.6. The number of hydrogen-bond donors (Lipinski definition) is 1. The molecule has 1 amide bonds. The van der Waals surface area contributed by atoms with Crippen molar-refractivity contribution in [2.45, 2.75) is 25.4 Å². The molecule has 0 atom stereocenters. The van der Waals surface area contributed by atoms with Gasteiger partial charge in [-0.05, 0) is 30.5 Å². The Morgan fingerprint density at radius 1 is 1.03 bits per heavy atom. The molecular formula is C25H29N7O4. The number of carbonyl (C=O) groups is 1. The first kappa shape index (κ1) is 23.7. The van der Waals surface area contributed by atoms with E-state index < -0.39 is 4.92 Å². The second-order valence-corrected chi connectivity index (χ2v) is 9.09. The normalized spacial score (nSPS) is 17.2. The van der Waals surface area contributed by atoms with Gasteiger partial charge in [-0.15, -0.1) is 0 Å². The van der Waals surface area contributed by atoms with Crippen molar-refractivity contribution in [3.8, 4) is 0 Å². The van der Waals surface area contributed by atoms with Gasteiger partial charge in [-0.25, -0.2) is 9.97 Å². The molecular weight excluding hydrogens is 462 g/mol. The Balaban J connectivity index is 1.22. The molecule has 11 heteroatoms. The number of aromatic nitrogens is 2. The van der Waals surface area contributed by atoms with E-state index in [1.165, 1.54) is 18.2 Å². The van der Waals surface area contributed by atoms with Crippen molar-refractivity contribution in [2.75, 3.05) is 49.5 Å². The number of nitro groups is 1. The molecule has 2 aliphatic rings. The first-order valence-electron chi connectivity index (χ1n) is 12.2. The number of piperazine rings is 1. The molecule has 0 unspecified atom stereocenters. The third-order valence-electron chi connectivity index (χ3n) is 6.76. The molecule has 0 radical (unpaired) electrons. The molecule has 0 saturated carbocycles. The van der Waals surface area contributed by atoms with E-state index in [4.69, 9.17) is 4.42 Å². The molecule has 0 spiro atoms. The fourth-order valence-electron chi connectivity index (χ4n) is 4.82. The van der Waals surface area contributed by atoms with Crippen LogP contribution in [-0.4, -0.2) is 75.9 Å². The summed E-state index contributed by atoms with van der Waals surface area (Å²) in [5.74, 6) is 0.639. The lowest BCUT2D eigenvalue weighted by Gasteiger charge is -2.35. The molecule has 2 fully saturated rings. The summed E-state index contributed by atoms with van der Waals surface area (Å²) in [6, 6.07) is 13.8. The molecule has 2 aliphatic heterocycles. The van der Waals surface area contributed by atoms with Gasteiger partial charge in [-0.3, -0.25) is 19.8 Å². The van der Waals surface area contributed by atoms with Crippen molar-refractivity contribution in [3.63, 3.8) is 0 Å². The van der Waals surface area contributed by atoms with Gasteiger partial charge in [-0.2, -0.15) is 0 Å². The van der Waals surface area contributed by atoms with Crippen LogP contribution in [0.2, 0.25) is 0 Å². The Kier molecular flexibility index (Phi) is 7.08. The molecule has 11 nitrogen and oxygen atoms in total. The maximum absolute atomic E-state index is 12.5. The van der Waals surface area contributed by atoms with E-state index in [1.807, 2.05) is 23.1 Å². The number of nitrogens with zero attached hydrogens (tertiary/aromatic N) is 6. The minimum atomic E-state index is -0.414. The van der Waals surface area contributed by atoms with Crippen molar-refractivity contribution >= 4 is 23.2 Å². The Bertz CT molecular complexity index is 1170. The smallest absolute Gasteiger partial charge is 0.353 e. The van der Waals surface area contributed by atoms with Crippen LogP contribution >= 0.6 is 0 Å². The molecule has 4 heterocycles. The third-order valence-corrected chi connectivity index (χ3v) is 6.76. The zero-order chi connectivity index (χ0) is 24.9. The number of anilines is 2. The molecule has 5 rings (SSSR count). The van der Waals surface area contributed by atoms with Crippen LogP contribution in [0.1, 0.15) is 29.0 Å². The molecule has 2 saturated heterocycles. The number of furan rings is 1. The Morgan fingerprint density at radius 2 is 1.78 bits per heavy atom. The van der Waals surface area contributed by atoms with Gasteiger partial charge in [-0.1, -0.05) is 30.3 Å². The summed E-state index contributed by atoms with van der Waals surface area (Å²) in [7, 11) is 0. The van der Waals surface area contributed by atoms with Crippen LogP contribution in [-0.2, 0) is 6.54 Å². The molecule has 0 aliphatic carbocycles. The number of benzene rings is 1. The topological polar surface area (TPSA) is 121 Å². The summed E-state index contributed by atoms with van der Waals surface area (Å²) in [6.45, 7) is 4.42. The van der Waals surface area contributed by atoms with Gasteiger partial charge in [0.2, 0.25) is 11.6 Å². The van der Waals surface area contributed by atoms with Crippen molar-refractivity contribution in [2.24, 2.45) is 0 Å². The fraction of sp³-hybridized carbons (Fsp3) is 0.400. The van der Waals surface area contributed by atoms with Gasteiger partial charge in [0.15, 0.2) is 5.76 Å². The Labute approximate surface area is 208 Å². The van der Waals surface area contributed by atoms with Gasteiger partial charge >= 0.3 is 5.69 Å². The fourth-order valence-corrected chi connectivity index (χ4v) is 4.82. The van der Waals surface area contributed by atoms with Gasteiger partial charge in [0.1, 0.15) is 6.33 Å². The monoisotopic (exact) mass is 491 g/mol. The van der Waals surface area contributed by atoms with E-state index in [9.17, 15) is 14.9 Å². The van der Waals surface area contributed by atoms with Crippen molar-refractivity contribution in [1.29, 1.82) is 0 Å². The summed E-state index contributed by atoms with van der Waals surface area (Å²) in [5.41, 5.74) is 1.17. The molecule has 2 aromatic heterocycles. The second-order valence-electron chi connectivity index (χ2n) is 9.09. The molecule has 36 heavy (non-hydrogen) atoms. The van der Waals surface area contributed by atoms with Crippen molar-refractivity contribution in [1.82, 2.24) is 19.8 Å². The van der Waals surface area contributed by atoms with Crippen LogP contribution in [0.15, 0.2) is 59.5 Å². The van der Waals surface area contributed by atoms with Crippen LogP contribution in [0.4, 0.5) is 17.3 Å². The maximum Gasteiger partial charge on any atom is 0.353 e. The quantitative estimate of drug-likeness (QED) is 0.393. The number of carbonyl (C=O) groups excluding carboxylic acids is 1. The predicted octanol–water partition coefficient (Wildman–Crippen LogP) is 3.02. The number of amides is 1. The highest BCUT2D eigenvalue weighted by molar-refractivity contribution is 5.91. The minimum Gasteiger partial charge on any atom is -0.459 e. The van der Waals surface area contributed by atoms with Gasteiger partial charge in [0.25, 0.3) is 5.91 Å². The van der Waals surface area contributed by atoms with E-state index in [-0.39, 0.29) is 35.0 Å². The van der Waals surface area contributed by atoms with Gasteiger partial charge in [0, 0.05) is 51.9 Å². The minimum absolute atomic E-state index is 0.0984. The molecule has 1 aromatic carbocycles. The van der Waals surface area contributed by atoms with E-state index in [1.54, 1.807) is 17.0 Å². The Morgan fingerprint density at radius 3 is 2.44 bits per heavy atom. The van der Waals surface area contributed by atoms with Crippen molar-refractivity contribution in [3.05, 3.63) is 76.5 Å². The predicted molar refractivity (Wildman–Crippen MR) is 134 cm³/mol. The van der Waals surface area contributed by atoms with Crippen LogP contribution in [0.25, 0.3) is 0 Å². The number of rotatable bonds is 7. The SMILES string of the molecule is O=C(c1ccco1)N1CCN(c2ncnc(NC3CCN(Cc4ccccc4)CC3)c2[N+](=O)[O-])CC1. The van der Waals surface area contributed by atoms with Crippen LogP contribution in [0.3, 0.4) is 0 Å². The first-order chi connectivity index (χ1) is 17.6. The zero-order valence-corrected chi connectivity index (χ0v) is 20.0. The second kappa shape index (κ2) is 10.7. The summed E-state index contributed by atoms with van der Waals surface area (Å²) in [5, 5.41) is 15.4.